The monoisotopic (exact) mass is 293 g/mol. The molecule has 1 amide bonds. The number of piperidine rings is 1. The van der Waals surface area contributed by atoms with Gasteiger partial charge in [-0.15, -0.1) is 0 Å². The molecule has 1 aromatic rings. The van der Waals surface area contributed by atoms with Gasteiger partial charge in [0.25, 0.3) is 0 Å². The largest absolute Gasteiger partial charge is 0.445 e. The SMILES string of the molecule is O=C(OCc1ccccc1)N1CCCC[C@@H]1[C@@H](O)CCO. The highest BCUT2D eigenvalue weighted by molar-refractivity contribution is 5.68. The van der Waals surface area contributed by atoms with Crippen molar-refractivity contribution in [3.8, 4) is 0 Å². The van der Waals surface area contributed by atoms with Crippen LogP contribution in [-0.4, -0.2) is 46.5 Å². The van der Waals surface area contributed by atoms with Crippen LogP contribution in [0.15, 0.2) is 30.3 Å². The minimum atomic E-state index is -0.695. The molecule has 1 fully saturated rings. The van der Waals surface area contributed by atoms with Crippen LogP contribution < -0.4 is 0 Å². The van der Waals surface area contributed by atoms with Gasteiger partial charge in [-0.05, 0) is 31.2 Å². The lowest BCUT2D eigenvalue weighted by molar-refractivity contribution is 0.00517. The van der Waals surface area contributed by atoms with Crippen LogP contribution in [0.25, 0.3) is 0 Å². The number of carbonyl (C=O) groups is 1. The molecule has 5 heteroatoms. The molecule has 1 aliphatic heterocycles. The molecule has 2 N–H and O–H groups in total. The molecule has 0 spiro atoms. The molecule has 1 heterocycles. The summed E-state index contributed by atoms with van der Waals surface area (Å²) in [4.78, 5) is 13.8. The molecule has 1 saturated heterocycles. The van der Waals surface area contributed by atoms with Crippen molar-refractivity contribution in [1.29, 1.82) is 0 Å². The zero-order chi connectivity index (χ0) is 15.1. The van der Waals surface area contributed by atoms with E-state index in [0.29, 0.717) is 6.54 Å². The number of ether oxygens (including phenoxy) is 1. The van der Waals surface area contributed by atoms with E-state index in [1.165, 1.54) is 0 Å². The molecule has 1 aliphatic rings. The van der Waals surface area contributed by atoms with Crippen molar-refractivity contribution in [1.82, 2.24) is 4.90 Å². The molecule has 0 radical (unpaired) electrons. The van der Waals surface area contributed by atoms with Gasteiger partial charge in [0.1, 0.15) is 6.61 Å². The van der Waals surface area contributed by atoms with Gasteiger partial charge in [0.15, 0.2) is 0 Å². The third kappa shape index (κ3) is 4.44. The Morgan fingerprint density at radius 3 is 2.81 bits per heavy atom. The first-order chi connectivity index (χ1) is 10.2. The summed E-state index contributed by atoms with van der Waals surface area (Å²) < 4.78 is 5.34. The Hall–Kier alpha value is -1.59. The normalized spacial score (nSPS) is 20.1. The number of aliphatic hydroxyl groups excluding tert-OH is 2. The van der Waals surface area contributed by atoms with Gasteiger partial charge in [0.05, 0.1) is 12.1 Å². The second-order valence-electron chi connectivity index (χ2n) is 5.38. The number of benzene rings is 1. The maximum atomic E-state index is 12.2. The average Bonchev–Trinajstić information content (AvgIpc) is 2.54. The number of rotatable bonds is 5. The van der Waals surface area contributed by atoms with Gasteiger partial charge in [-0.1, -0.05) is 30.3 Å². The van der Waals surface area contributed by atoms with Crippen molar-refractivity contribution in [2.24, 2.45) is 0 Å². The third-order valence-corrected chi connectivity index (χ3v) is 3.86. The fraction of sp³-hybridized carbons (Fsp3) is 0.562. The lowest BCUT2D eigenvalue weighted by Gasteiger charge is -2.37. The van der Waals surface area contributed by atoms with Crippen LogP contribution in [0.2, 0.25) is 0 Å². The number of likely N-dealkylation sites (tertiary alicyclic amines) is 1. The Labute approximate surface area is 125 Å². The van der Waals surface area contributed by atoms with E-state index in [1.54, 1.807) is 4.90 Å². The second kappa shape index (κ2) is 8.00. The lowest BCUT2D eigenvalue weighted by atomic mass is 9.96. The topological polar surface area (TPSA) is 70.0 Å². The Balaban J connectivity index is 1.92. The van der Waals surface area contributed by atoms with Gasteiger partial charge in [0, 0.05) is 13.2 Å². The van der Waals surface area contributed by atoms with Crippen molar-refractivity contribution in [3.63, 3.8) is 0 Å². The Morgan fingerprint density at radius 1 is 1.33 bits per heavy atom. The highest BCUT2D eigenvalue weighted by Gasteiger charge is 2.32. The zero-order valence-corrected chi connectivity index (χ0v) is 12.1. The smallest absolute Gasteiger partial charge is 0.410 e. The van der Waals surface area contributed by atoms with E-state index >= 15 is 0 Å². The molecule has 2 rings (SSSR count). The van der Waals surface area contributed by atoms with Gasteiger partial charge in [-0.2, -0.15) is 0 Å². The molecule has 0 unspecified atom stereocenters. The van der Waals surface area contributed by atoms with Crippen LogP contribution in [0.3, 0.4) is 0 Å². The van der Waals surface area contributed by atoms with Crippen LogP contribution in [0.1, 0.15) is 31.2 Å². The lowest BCUT2D eigenvalue weighted by Crippen LogP contribution is -2.50. The molecule has 2 atom stereocenters. The number of amides is 1. The van der Waals surface area contributed by atoms with Crippen LogP contribution in [0.5, 0.6) is 0 Å². The van der Waals surface area contributed by atoms with Crippen molar-refractivity contribution in [2.75, 3.05) is 13.2 Å². The van der Waals surface area contributed by atoms with Crippen LogP contribution in [0.4, 0.5) is 4.79 Å². The predicted octanol–water partition coefficient (Wildman–Crippen LogP) is 1.92. The maximum Gasteiger partial charge on any atom is 0.410 e. The molecule has 1 aromatic carbocycles. The summed E-state index contributed by atoms with van der Waals surface area (Å²) in [6, 6.07) is 9.27. The Bertz CT molecular complexity index is 437. The molecule has 0 bridgehead atoms. The van der Waals surface area contributed by atoms with E-state index in [4.69, 9.17) is 9.84 Å². The summed E-state index contributed by atoms with van der Waals surface area (Å²) in [5, 5.41) is 19.0. The minimum Gasteiger partial charge on any atom is -0.445 e. The summed E-state index contributed by atoms with van der Waals surface area (Å²) in [6.07, 6.45) is 1.85. The molecule has 0 aromatic heterocycles. The summed E-state index contributed by atoms with van der Waals surface area (Å²) in [5.74, 6) is 0. The number of hydrogen-bond acceptors (Lipinski definition) is 4. The third-order valence-electron chi connectivity index (χ3n) is 3.86. The summed E-state index contributed by atoms with van der Waals surface area (Å²) in [5.41, 5.74) is 0.940. The fourth-order valence-corrected chi connectivity index (χ4v) is 2.71. The van der Waals surface area contributed by atoms with E-state index in [2.05, 4.69) is 0 Å². The van der Waals surface area contributed by atoms with E-state index in [1.807, 2.05) is 30.3 Å². The molecule has 21 heavy (non-hydrogen) atoms. The molecule has 5 nitrogen and oxygen atoms in total. The predicted molar refractivity (Wildman–Crippen MR) is 78.7 cm³/mol. The van der Waals surface area contributed by atoms with E-state index in [-0.39, 0.29) is 31.8 Å². The van der Waals surface area contributed by atoms with E-state index in [9.17, 15) is 9.90 Å². The first-order valence-electron chi connectivity index (χ1n) is 7.48. The molecular weight excluding hydrogens is 270 g/mol. The Kier molecular flexibility index (Phi) is 6.02. The number of nitrogens with zero attached hydrogens (tertiary/aromatic N) is 1. The fourth-order valence-electron chi connectivity index (χ4n) is 2.71. The average molecular weight is 293 g/mol. The van der Waals surface area contributed by atoms with Crippen molar-refractivity contribution >= 4 is 6.09 Å². The number of carbonyl (C=O) groups excluding carboxylic acids is 1. The van der Waals surface area contributed by atoms with Gasteiger partial charge >= 0.3 is 6.09 Å². The van der Waals surface area contributed by atoms with Crippen molar-refractivity contribution < 1.29 is 19.7 Å². The van der Waals surface area contributed by atoms with Crippen molar-refractivity contribution in [3.05, 3.63) is 35.9 Å². The second-order valence-corrected chi connectivity index (χ2v) is 5.38. The number of aliphatic hydroxyl groups is 2. The van der Waals surface area contributed by atoms with Gasteiger partial charge < -0.3 is 19.8 Å². The standard InChI is InChI=1S/C16H23NO4/c18-11-9-15(19)14-8-4-5-10-17(14)16(20)21-12-13-6-2-1-3-7-13/h1-3,6-7,14-15,18-19H,4-5,8-12H2/t14-,15+/m1/s1. The van der Waals surface area contributed by atoms with Crippen LogP contribution >= 0.6 is 0 Å². The summed E-state index contributed by atoms with van der Waals surface area (Å²) >= 11 is 0. The number of hydrogen-bond donors (Lipinski definition) is 2. The van der Waals surface area contributed by atoms with Crippen LogP contribution in [-0.2, 0) is 11.3 Å². The van der Waals surface area contributed by atoms with Crippen molar-refractivity contribution in [2.45, 2.75) is 44.4 Å². The highest BCUT2D eigenvalue weighted by atomic mass is 16.6. The van der Waals surface area contributed by atoms with E-state index in [0.717, 1.165) is 24.8 Å². The molecule has 0 aliphatic carbocycles. The maximum absolute atomic E-state index is 12.2. The quantitative estimate of drug-likeness (QED) is 0.870. The summed E-state index contributed by atoms with van der Waals surface area (Å²) in [6.45, 7) is 0.754. The Morgan fingerprint density at radius 2 is 2.10 bits per heavy atom. The minimum absolute atomic E-state index is 0.0788. The zero-order valence-electron chi connectivity index (χ0n) is 12.1. The van der Waals surface area contributed by atoms with Gasteiger partial charge in [0.2, 0.25) is 0 Å². The summed E-state index contributed by atoms with van der Waals surface area (Å²) in [7, 11) is 0. The first kappa shape index (κ1) is 15.8. The first-order valence-corrected chi connectivity index (χ1v) is 7.48. The van der Waals surface area contributed by atoms with Crippen LogP contribution in [0, 0.1) is 0 Å². The van der Waals surface area contributed by atoms with Gasteiger partial charge in [-0.25, -0.2) is 4.79 Å². The van der Waals surface area contributed by atoms with E-state index < -0.39 is 6.10 Å². The van der Waals surface area contributed by atoms with Gasteiger partial charge in [-0.3, -0.25) is 0 Å². The molecular formula is C16H23NO4. The molecule has 116 valence electrons. The molecule has 0 saturated carbocycles. The highest BCUT2D eigenvalue weighted by Crippen LogP contribution is 2.22.